The molecule has 3 aliphatic heterocycles. The minimum atomic E-state index is -0.172. The number of thioether (sulfide) groups is 1. The number of fused-ring (bicyclic) bond motifs is 1. The van der Waals surface area contributed by atoms with Crippen LogP contribution in [0.15, 0.2) is 0 Å². The van der Waals surface area contributed by atoms with Crippen molar-refractivity contribution in [3.63, 3.8) is 0 Å². The lowest BCUT2D eigenvalue weighted by Crippen LogP contribution is -2.67. The molecule has 3 N–H and O–H groups in total. The summed E-state index contributed by atoms with van der Waals surface area (Å²) < 4.78 is 0. The number of piperazine rings is 1. The molecule has 3 rings (SSSR count). The minimum absolute atomic E-state index is 0.0668. The zero-order valence-corrected chi connectivity index (χ0v) is 15.6. The lowest BCUT2D eigenvalue weighted by molar-refractivity contribution is 0.0696. The fourth-order valence-corrected chi connectivity index (χ4v) is 5.49. The Labute approximate surface area is 144 Å². The predicted molar refractivity (Wildman–Crippen MR) is 95.6 cm³/mol. The molecule has 0 aromatic carbocycles. The van der Waals surface area contributed by atoms with E-state index in [1.165, 1.54) is 5.75 Å². The third-order valence-electron chi connectivity index (χ3n) is 4.96. The molecule has 23 heavy (non-hydrogen) atoms. The molecule has 0 spiro atoms. The summed E-state index contributed by atoms with van der Waals surface area (Å²) in [5.41, 5.74) is -0.172. The Hall–Kier alpha value is -0.500. The van der Waals surface area contributed by atoms with E-state index in [0.717, 1.165) is 38.8 Å². The van der Waals surface area contributed by atoms with E-state index in [9.17, 15) is 4.79 Å². The maximum Gasteiger partial charge on any atom is 0.317 e. The van der Waals surface area contributed by atoms with Crippen LogP contribution in [0.25, 0.3) is 0 Å². The van der Waals surface area contributed by atoms with Crippen molar-refractivity contribution >= 4 is 17.8 Å². The first kappa shape index (κ1) is 17.3. The first-order valence-corrected chi connectivity index (χ1v) is 9.79. The van der Waals surface area contributed by atoms with Crippen molar-refractivity contribution in [3.8, 4) is 0 Å². The molecule has 3 heterocycles. The molecule has 0 bridgehead atoms. The Kier molecular flexibility index (Phi) is 5.11. The third kappa shape index (κ3) is 3.95. The van der Waals surface area contributed by atoms with Gasteiger partial charge in [-0.2, -0.15) is 11.8 Å². The lowest BCUT2D eigenvalue weighted by Gasteiger charge is -2.46. The Balaban J connectivity index is 1.54. The monoisotopic (exact) mass is 341 g/mol. The first-order valence-electron chi connectivity index (χ1n) is 8.75. The van der Waals surface area contributed by atoms with Gasteiger partial charge in [-0.25, -0.2) is 4.79 Å². The van der Waals surface area contributed by atoms with Crippen LogP contribution >= 0.6 is 11.8 Å². The SMILES string of the molecule is CC1CSC2C1NCNC2N1CCN(C(=O)NC(C)(C)C)CC1. The second kappa shape index (κ2) is 6.78. The van der Waals surface area contributed by atoms with E-state index in [-0.39, 0.29) is 11.6 Å². The fraction of sp³-hybridized carbons (Fsp3) is 0.938. The standard InChI is InChI=1S/C16H31N5OS/c1-11-9-23-13-12(11)17-10-18-14(13)20-5-7-21(8-6-20)15(22)19-16(2,3)4/h11-14,17-18H,5-10H2,1-4H3,(H,19,22). The number of hydrogen-bond acceptors (Lipinski definition) is 5. The van der Waals surface area contributed by atoms with E-state index >= 15 is 0 Å². The van der Waals surface area contributed by atoms with Crippen LogP contribution in [0.5, 0.6) is 0 Å². The van der Waals surface area contributed by atoms with Crippen molar-refractivity contribution in [3.05, 3.63) is 0 Å². The van der Waals surface area contributed by atoms with E-state index in [4.69, 9.17) is 0 Å². The van der Waals surface area contributed by atoms with E-state index in [2.05, 4.69) is 39.5 Å². The minimum Gasteiger partial charge on any atom is -0.333 e. The normalized spacial score (nSPS) is 35.9. The lowest BCUT2D eigenvalue weighted by atomic mass is 9.97. The van der Waals surface area contributed by atoms with Gasteiger partial charge in [0.2, 0.25) is 0 Å². The zero-order valence-electron chi connectivity index (χ0n) is 14.8. The van der Waals surface area contributed by atoms with Crippen LogP contribution in [0.4, 0.5) is 4.79 Å². The first-order chi connectivity index (χ1) is 10.8. The molecule has 0 saturated carbocycles. The molecule has 132 valence electrons. The van der Waals surface area contributed by atoms with Crippen LogP contribution in [0.2, 0.25) is 0 Å². The van der Waals surface area contributed by atoms with Crippen LogP contribution < -0.4 is 16.0 Å². The van der Waals surface area contributed by atoms with Gasteiger partial charge in [-0.1, -0.05) is 6.92 Å². The van der Waals surface area contributed by atoms with Crippen molar-refractivity contribution in [2.75, 3.05) is 38.6 Å². The molecule has 3 aliphatic rings. The van der Waals surface area contributed by atoms with Gasteiger partial charge in [0.25, 0.3) is 0 Å². The highest BCUT2D eigenvalue weighted by Crippen LogP contribution is 2.36. The summed E-state index contributed by atoms with van der Waals surface area (Å²) in [6, 6.07) is 0.686. The summed E-state index contributed by atoms with van der Waals surface area (Å²) in [6.45, 7) is 12.8. The van der Waals surface area contributed by atoms with Gasteiger partial charge >= 0.3 is 6.03 Å². The van der Waals surface area contributed by atoms with Crippen molar-refractivity contribution < 1.29 is 4.79 Å². The summed E-state index contributed by atoms with van der Waals surface area (Å²) in [5.74, 6) is 1.99. The Morgan fingerprint density at radius 2 is 1.87 bits per heavy atom. The van der Waals surface area contributed by atoms with Gasteiger partial charge in [0.05, 0.1) is 6.17 Å². The van der Waals surface area contributed by atoms with Gasteiger partial charge < -0.3 is 15.5 Å². The molecule has 3 fully saturated rings. The fourth-order valence-electron chi connectivity index (χ4n) is 3.74. The summed E-state index contributed by atoms with van der Waals surface area (Å²) in [7, 11) is 0. The number of urea groups is 1. The van der Waals surface area contributed by atoms with Gasteiger partial charge in [0.15, 0.2) is 0 Å². The molecule has 7 heteroatoms. The summed E-state index contributed by atoms with van der Waals surface area (Å²) in [6.07, 6.45) is 0.434. The van der Waals surface area contributed by atoms with Gasteiger partial charge in [-0.05, 0) is 32.4 Å². The zero-order chi connectivity index (χ0) is 16.6. The molecule has 6 nitrogen and oxygen atoms in total. The number of carbonyl (C=O) groups is 1. The number of rotatable bonds is 1. The van der Waals surface area contributed by atoms with Crippen molar-refractivity contribution in [2.45, 2.75) is 50.7 Å². The maximum atomic E-state index is 12.3. The van der Waals surface area contributed by atoms with Gasteiger partial charge in [-0.15, -0.1) is 0 Å². The molecule has 0 aliphatic carbocycles. The number of carbonyl (C=O) groups excluding carboxylic acids is 1. The molecule has 2 amide bonds. The topological polar surface area (TPSA) is 59.6 Å². The molecule has 0 radical (unpaired) electrons. The summed E-state index contributed by atoms with van der Waals surface area (Å²) >= 11 is 2.09. The third-order valence-corrected chi connectivity index (χ3v) is 6.61. The van der Waals surface area contributed by atoms with Crippen LogP contribution in [0.1, 0.15) is 27.7 Å². The number of nitrogens with one attached hydrogen (secondary N) is 3. The highest BCUT2D eigenvalue weighted by Gasteiger charge is 2.44. The molecular weight excluding hydrogens is 310 g/mol. The Morgan fingerprint density at radius 3 is 2.52 bits per heavy atom. The molecule has 3 saturated heterocycles. The predicted octanol–water partition coefficient (Wildman–Crippen LogP) is 0.709. The molecule has 0 aromatic rings. The van der Waals surface area contributed by atoms with Gasteiger partial charge in [0.1, 0.15) is 0 Å². The molecule has 4 unspecified atom stereocenters. The van der Waals surface area contributed by atoms with Crippen molar-refractivity contribution in [1.82, 2.24) is 25.8 Å². The van der Waals surface area contributed by atoms with Crippen LogP contribution in [-0.2, 0) is 0 Å². The summed E-state index contributed by atoms with van der Waals surface area (Å²) in [4.78, 5) is 16.8. The van der Waals surface area contributed by atoms with Crippen molar-refractivity contribution in [1.29, 1.82) is 0 Å². The average molecular weight is 342 g/mol. The van der Waals surface area contributed by atoms with E-state index in [1.54, 1.807) is 0 Å². The molecule has 4 atom stereocenters. The van der Waals surface area contributed by atoms with E-state index < -0.39 is 0 Å². The molecular formula is C16H31N5OS. The van der Waals surface area contributed by atoms with Crippen molar-refractivity contribution in [2.24, 2.45) is 5.92 Å². The van der Waals surface area contributed by atoms with E-state index in [0.29, 0.717) is 17.5 Å². The summed E-state index contributed by atoms with van der Waals surface area (Å²) in [5, 5.41) is 10.9. The quantitative estimate of drug-likeness (QED) is 0.656. The number of nitrogens with zero attached hydrogens (tertiary/aromatic N) is 2. The highest BCUT2D eigenvalue weighted by molar-refractivity contribution is 8.00. The maximum absolute atomic E-state index is 12.3. The second-order valence-corrected chi connectivity index (χ2v) is 9.25. The van der Waals surface area contributed by atoms with Crippen LogP contribution in [-0.4, -0.2) is 77.4 Å². The van der Waals surface area contributed by atoms with Gasteiger partial charge in [-0.3, -0.25) is 10.2 Å². The number of hydrogen-bond donors (Lipinski definition) is 3. The van der Waals surface area contributed by atoms with Gasteiger partial charge in [0, 0.05) is 49.7 Å². The second-order valence-electron chi connectivity index (χ2n) is 8.03. The molecule has 0 aromatic heterocycles. The Morgan fingerprint density at radius 1 is 1.17 bits per heavy atom. The Bertz CT molecular complexity index is 433. The van der Waals surface area contributed by atoms with E-state index in [1.807, 2.05) is 25.7 Å². The number of amides is 2. The largest absolute Gasteiger partial charge is 0.333 e. The van der Waals surface area contributed by atoms with Crippen LogP contribution in [0.3, 0.4) is 0 Å². The van der Waals surface area contributed by atoms with Crippen LogP contribution in [0, 0.1) is 5.92 Å². The highest BCUT2D eigenvalue weighted by atomic mass is 32.2. The smallest absolute Gasteiger partial charge is 0.317 e. The average Bonchev–Trinajstić information content (AvgIpc) is 2.87.